The molecule has 0 fully saturated rings. The summed E-state index contributed by atoms with van der Waals surface area (Å²) in [6.07, 6.45) is 1.80. The van der Waals surface area contributed by atoms with Crippen LogP contribution in [0.2, 0.25) is 0 Å². The molecule has 1 unspecified atom stereocenters. The second-order valence-electron chi connectivity index (χ2n) is 3.93. The lowest BCUT2D eigenvalue weighted by molar-refractivity contribution is 0.130. The number of benzene rings is 1. The van der Waals surface area contributed by atoms with Crippen molar-refractivity contribution in [2.45, 2.75) is 12.5 Å². The Labute approximate surface area is 107 Å². The zero-order valence-corrected chi connectivity index (χ0v) is 10.4. The first kappa shape index (κ1) is 14.8. The van der Waals surface area contributed by atoms with Crippen LogP contribution in [0.3, 0.4) is 0 Å². The highest BCUT2D eigenvalue weighted by molar-refractivity contribution is 5.19. The number of ether oxygens (including phenoxy) is 1. The van der Waals surface area contributed by atoms with E-state index in [0.717, 1.165) is 6.42 Å². The van der Waals surface area contributed by atoms with E-state index in [9.17, 15) is 9.50 Å². The maximum absolute atomic E-state index is 13.3. The fraction of sp³-hybridized carbons (Fsp3) is 0.429. The van der Waals surface area contributed by atoms with E-state index in [2.05, 4.69) is 11.9 Å². The van der Waals surface area contributed by atoms with Gasteiger partial charge in [-0.25, -0.2) is 4.39 Å². The van der Waals surface area contributed by atoms with E-state index in [4.69, 9.17) is 4.74 Å². The van der Waals surface area contributed by atoms with Gasteiger partial charge in [-0.3, -0.25) is 0 Å². The minimum atomic E-state index is -0.834. The van der Waals surface area contributed by atoms with Gasteiger partial charge in [-0.2, -0.15) is 0 Å². The van der Waals surface area contributed by atoms with Crippen molar-refractivity contribution in [3.05, 3.63) is 48.3 Å². The first-order valence-electron chi connectivity index (χ1n) is 6.07. The third-order valence-electron chi connectivity index (χ3n) is 2.49. The SMILES string of the molecule is C=CCCOCCNCC(O)c1ccccc1F. The van der Waals surface area contributed by atoms with E-state index in [-0.39, 0.29) is 5.82 Å². The minimum Gasteiger partial charge on any atom is -0.387 e. The second-order valence-corrected chi connectivity index (χ2v) is 3.93. The first-order valence-corrected chi connectivity index (χ1v) is 6.07. The van der Waals surface area contributed by atoms with Gasteiger partial charge in [0.05, 0.1) is 19.3 Å². The lowest BCUT2D eigenvalue weighted by Crippen LogP contribution is -2.25. The van der Waals surface area contributed by atoms with Crippen molar-refractivity contribution in [3.8, 4) is 0 Å². The van der Waals surface area contributed by atoms with Crippen LogP contribution >= 0.6 is 0 Å². The predicted octanol–water partition coefficient (Wildman–Crippen LogP) is 2.04. The fourth-order valence-corrected chi connectivity index (χ4v) is 1.51. The van der Waals surface area contributed by atoms with Gasteiger partial charge >= 0.3 is 0 Å². The van der Waals surface area contributed by atoms with Crippen LogP contribution in [0.1, 0.15) is 18.1 Å². The molecular weight excluding hydrogens is 233 g/mol. The van der Waals surface area contributed by atoms with Crippen LogP contribution in [0.15, 0.2) is 36.9 Å². The number of halogens is 1. The summed E-state index contributed by atoms with van der Waals surface area (Å²) in [7, 11) is 0. The number of hydrogen-bond donors (Lipinski definition) is 2. The molecule has 18 heavy (non-hydrogen) atoms. The van der Waals surface area contributed by atoms with Gasteiger partial charge in [0.25, 0.3) is 0 Å². The molecule has 0 saturated carbocycles. The predicted molar refractivity (Wildman–Crippen MR) is 69.9 cm³/mol. The lowest BCUT2D eigenvalue weighted by Gasteiger charge is -2.13. The molecule has 3 nitrogen and oxygen atoms in total. The minimum absolute atomic E-state index is 0.311. The standard InChI is InChI=1S/C14H20FNO2/c1-2-3-9-18-10-8-16-11-14(17)12-6-4-5-7-13(12)15/h2,4-7,14,16-17H,1,3,8-11H2. The highest BCUT2D eigenvalue weighted by atomic mass is 19.1. The molecule has 100 valence electrons. The highest BCUT2D eigenvalue weighted by Crippen LogP contribution is 2.15. The molecule has 1 aromatic rings. The molecule has 0 aliphatic heterocycles. The highest BCUT2D eigenvalue weighted by Gasteiger charge is 2.10. The van der Waals surface area contributed by atoms with Gasteiger partial charge in [-0.1, -0.05) is 24.3 Å². The van der Waals surface area contributed by atoms with E-state index < -0.39 is 6.10 Å². The zero-order valence-electron chi connectivity index (χ0n) is 10.4. The lowest BCUT2D eigenvalue weighted by atomic mass is 10.1. The van der Waals surface area contributed by atoms with Crippen molar-refractivity contribution >= 4 is 0 Å². The smallest absolute Gasteiger partial charge is 0.129 e. The molecule has 0 heterocycles. The molecule has 1 atom stereocenters. The van der Waals surface area contributed by atoms with Crippen LogP contribution in [0.4, 0.5) is 4.39 Å². The van der Waals surface area contributed by atoms with Gasteiger partial charge in [0.2, 0.25) is 0 Å². The van der Waals surface area contributed by atoms with Crippen LogP contribution in [0.5, 0.6) is 0 Å². The molecule has 0 amide bonds. The quantitative estimate of drug-likeness (QED) is 0.523. The maximum atomic E-state index is 13.3. The summed E-state index contributed by atoms with van der Waals surface area (Å²) in [5.41, 5.74) is 0.317. The van der Waals surface area contributed by atoms with Crippen molar-refractivity contribution in [1.82, 2.24) is 5.32 Å². The van der Waals surface area contributed by atoms with Crippen molar-refractivity contribution in [3.63, 3.8) is 0 Å². The number of aliphatic hydroxyl groups excluding tert-OH is 1. The van der Waals surface area contributed by atoms with Crippen molar-refractivity contribution in [2.75, 3.05) is 26.3 Å². The molecule has 0 bridgehead atoms. The largest absolute Gasteiger partial charge is 0.387 e. The van der Waals surface area contributed by atoms with E-state index in [0.29, 0.717) is 31.9 Å². The van der Waals surface area contributed by atoms with Gasteiger partial charge in [0, 0.05) is 18.7 Å². The maximum Gasteiger partial charge on any atom is 0.129 e. The van der Waals surface area contributed by atoms with Crippen LogP contribution in [-0.2, 0) is 4.74 Å². The molecule has 0 aliphatic carbocycles. The summed E-state index contributed by atoms with van der Waals surface area (Å²) < 4.78 is 18.6. The Morgan fingerprint density at radius 3 is 2.89 bits per heavy atom. The fourth-order valence-electron chi connectivity index (χ4n) is 1.51. The zero-order chi connectivity index (χ0) is 13.2. The van der Waals surface area contributed by atoms with Crippen LogP contribution in [-0.4, -0.2) is 31.4 Å². The topological polar surface area (TPSA) is 41.5 Å². The van der Waals surface area contributed by atoms with Gasteiger partial charge in [-0.15, -0.1) is 6.58 Å². The van der Waals surface area contributed by atoms with Crippen LogP contribution in [0, 0.1) is 5.82 Å². The van der Waals surface area contributed by atoms with Crippen LogP contribution in [0.25, 0.3) is 0 Å². The summed E-state index contributed by atoms with van der Waals surface area (Å²) in [4.78, 5) is 0. The second kappa shape index (κ2) is 8.80. The number of hydrogen-bond acceptors (Lipinski definition) is 3. The summed E-state index contributed by atoms with van der Waals surface area (Å²) >= 11 is 0. The Kier molecular flexibility index (Phi) is 7.25. The van der Waals surface area contributed by atoms with E-state index >= 15 is 0 Å². The third-order valence-corrected chi connectivity index (χ3v) is 2.49. The van der Waals surface area contributed by atoms with Crippen molar-refractivity contribution in [2.24, 2.45) is 0 Å². The molecule has 0 saturated heterocycles. The number of aliphatic hydroxyl groups is 1. The molecular formula is C14H20FNO2. The van der Waals surface area contributed by atoms with Gasteiger partial charge < -0.3 is 15.2 Å². The summed E-state index contributed by atoms with van der Waals surface area (Å²) in [5.74, 6) is -0.381. The number of nitrogens with one attached hydrogen (secondary N) is 1. The summed E-state index contributed by atoms with van der Waals surface area (Å²) in [6.45, 7) is 5.76. The Balaban J connectivity index is 2.16. The van der Waals surface area contributed by atoms with E-state index in [1.54, 1.807) is 24.3 Å². The van der Waals surface area contributed by atoms with Crippen LogP contribution < -0.4 is 5.32 Å². The monoisotopic (exact) mass is 253 g/mol. The summed E-state index contributed by atoms with van der Waals surface area (Å²) in [5, 5.41) is 12.8. The van der Waals surface area contributed by atoms with Gasteiger partial charge in [0.1, 0.15) is 5.82 Å². The van der Waals surface area contributed by atoms with Gasteiger partial charge in [0.15, 0.2) is 0 Å². The molecule has 4 heteroatoms. The average Bonchev–Trinajstić information content (AvgIpc) is 2.38. The Morgan fingerprint density at radius 1 is 1.39 bits per heavy atom. The normalized spacial score (nSPS) is 12.3. The Bertz CT molecular complexity index is 357. The number of rotatable bonds is 9. The first-order chi connectivity index (χ1) is 8.75. The van der Waals surface area contributed by atoms with Gasteiger partial charge in [-0.05, 0) is 12.5 Å². The Morgan fingerprint density at radius 2 is 2.17 bits per heavy atom. The molecule has 1 aromatic carbocycles. The average molecular weight is 253 g/mol. The molecule has 1 rings (SSSR count). The van der Waals surface area contributed by atoms with Crippen molar-refractivity contribution < 1.29 is 14.2 Å². The molecule has 0 radical (unpaired) electrons. The van der Waals surface area contributed by atoms with E-state index in [1.807, 2.05) is 0 Å². The molecule has 0 aliphatic rings. The Hall–Kier alpha value is -1.23. The van der Waals surface area contributed by atoms with Crippen molar-refractivity contribution in [1.29, 1.82) is 0 Å². The third kappa shape index (κ3) is 5.40. The van der Waals surface area contributed by atoms with E-state index in [1.165, 1.54) is 6.07 Å². The molecule has 0 aromatic heterocycles. The molecule has 2 N–H and O–H groups in total. The summed E-state index contributed by atoms with van der Waals surface area (Å²) in [6, 6.07) is 6.24. The molecule has 0 spiro atoms.